The minimum absolute atomic E-state index is 0.438. The zero-order valence-corrected chi connectivity index (χ0v) is 11.3. The van der Waals surface area contributed by atoms with Crippen molar-refractivity contribution >= 4 is 18.3 Å². The molecule has 112 valence electrons. The van der Waals surface area contributed by atoms with Crippen LogP contribution in [-0.4, -0.2) is 61.3 Å². The van der Waals surface area contributed by atoms with Crippen LogP contribution in [-0.2, 0) is 4.74 Å². The predicted molar refractivity (Wildman–Crippen MR) is 72.9 cm³/mol. The second-order valence-electron chi connectivity index (χ2n) is 4.65. The maximum Gasteiger partial charge on any atom is 0.243 e. The lowest BCUT2D eigenvalue weighted by molar-refractivity contribution is -0.329. The molecule has 0 unspecified atom stereocenters. The Morgan fingerprint density at radius 2 is 1.75 bits per heavy atom. The smallest absolute Gasteiger partial charge is 0.243 e. The van der Waals surface area contributed by atoms with Crippen LogP contribution >= 0.6 is 12.6 Å². The molecule has 0 aromatic heterocycles. The Balaban J connectivity index is 2.31. The average molecular weight is 303 g/mol. The lowest BCUT2D eigenvalue weighted by Crippen LogP contribution is -2.72. The zero-order valence-electron chi connectivity index (χ0n) is 10.4. The largest absolute Gasteiger partial charge is 0.393 e. The lowest BCUT2D eigenvalue weighted by atomic mass is 9.91. The van der Waals surface area contributed by atoms with E-state index in [1.54, 1.807) is 30.3 Å². The summed E-state index contributed by atoms with van der Waals surface area (Å²) in [7, 11) is 0. The summed E-state index contributed by atoms with van der Waals surface area (Å²) >= 11 is 3.66. The van der Waals surface area contributed by atoms with Crippen LogP contribution in [0.1, 0.15) is 0 Å². The van der Waals surface area contributed by atoms with Crippen molar-refractivity contribution in [1.82, 2.24) is 0 Å². The highest BCUT2D eigenvalue weighted by molar-refractivity contribution is 7.81. The second kappa shape index (κ2) is 5.49. The van der Waals surface area contributed by atoms with Gasteiger partial charge in [0.05, 0.1) is 6.61 Å². The van der Waals surface area contributed by atoms with Gasteiger partial charge in [-0.1, -0.05) is 18.2 Å². The molecule has 6 N–H and O–H groups in total. The van der Waals surface area contributed by atoms with E-state index in [1.807, 2.05) is 0 Å². The topological polar surface area (TPSA) is 122 Å². The first-order valence-electron chi connectivity index (χ1n) is 5.96. The van der Waals surface area contributed by atoms with Gasteiger partial charge in [-0.3, -0.25) is 0 Å². The van der Waals surface area contributed by atoms with E-state index in [4.69, 9.17) is 4.74 Å². The molecule has 0 saturated carbocycles. The van der Waals surface area contributed by atoms with E-state index in [0.717, 1.165) is 0 Å². The van der Waals surface area contributed by atoms with Crippen molar-refractivity contribution in [3.8, 4) is 0 Å². The highest BCUT2D eigenvalue weighted by Crippen LogP contribution is 2.37. The Bertz CT molecular complexity index is 455. The number of thiol groups is 1. The number of hydrogen-bond acceptors (Lipinski definition) is 8. The lowest BCUT2D eigenvalue weighted by Gasteiger charge is -2.50. The van der Waals surface area contributed by atoms with Gasteiger partial charge in [-0.25, -0.2) is 0 Å². The van der Waals surface area contributed by atoms with Gasteiger partial charge in [0, 0.05) is 5.69 Å². The van der Waals surface area contributed by atoms with Gasteiger partial charge in [0.25, 0.3) is 0 Å². The number of hydrogen-bond donors (Lipinski definition) is 7. The van der Waals surface area contributed by atoms with Gasteiger partial charge in [-0.05, 0) is 12.1 Å². The summed E-state index contributed by atoms with van der Waals surface area (Å²) < 4.78 is 4.94. The third-order valence-electron chi connectivity index (χ3n) is 3.23. The number of ether oxygens (including phenoxy) is 1. The highest BCUT2D eigenvalue weighted by atomic mass is 32.1. The van der Waals surface area contributed by atoms with Crippen molar-refractivity contribution in [3.05, 3.63) is 30.3 Å². The van der Waals surface area contributed by atoms with E-state index in [2.05, 4.69) is 17.9 Å². The molecule has 0 aliphatic carbocycles. The summed E-state index contributed by atoms with van der Waals surface area (Å²) in [4.78, 5) is 0. The average Bonchev–Trinajstić information content (AvgIpc) is 2.42. The van der Waals surface area contributed by atoms with E-state index in [-0.39, 0.29) is 0 Å². The zero-order chi connectivity index (χ0) is 15.0. The van der Waals surface area contributed by atoms with E-state index >= 15 is 0 Å². The second-order valence-corrected chi connectivity index (χ2v) is 5.29. The van der Waals surface area contributed by atoms with Crippen molar-refractivity contribution in [1.29, 1.82) is 0 Å². The monoisotopic (exact) mass is 303 g/mol. The SMILES string of the molecule is OC[C@@H]1O[C@@](O)(S)[C@@H](O)[C@H](O)[C@@]1(O)Nc1ccccc1. The fourth-order valence-electron chi connectivity index (χ4n) is 2.09. The molecule has 8 heteroatoms. The van der Waals surface area contributed by atoms with Crippen molar-refractivity contribution in [3.63, 3.8) is 0 Å². The molecule has 5 atom stereocenters. The summed E-state index contributed by atoms with van der Waals surface area (Å²) in [5.74, 6) is 0. The summed E-state index contributed by atoms with van der Waals surface area (Å²) in [5.41, 5.74) is -1.75. The Hall–Kier alpha value is -0.870. The van der Waals surface area contributed by atoms with Crippen molar-refractivity contribution in [2.75, 3.05) is 11.9 Å². The Morgan fingerprint density at radius 1 is 1.15 bits per heavy atom. The molecule has 0 spiro atoms. The molecular weight excluding hydrogens is 286 g/mol. The van der Waals surface area contributed by atoms with Crippen LogP contribution in [0, 0.1) is 0 Å². The molecule has 20 heavy (non-hydrogen) atoms. The molecule has 0 bridgehead atoms. The Labute approximate surface area is 120 Å². The molecule has 7 nitrogen and oxygen atoms in total. The highest BCUT2D eigenvalue weighted by Gasteiger charge is 2.59. The minimum atomic E-state index is -2.38. The number of aliphatic hydroxyl groups excluding tert-OH is 3. The summed E-state index contributed by atoms with van der Waals surface area (Å²) in [6.07, 6.45) is -5.12. The molecule has 0 radical (unpaired) electrons. The van der Waals surface area contributed by atoms with Crippen molar-refractivity contribution < 1.29 is 30.3 Å². The van der Waals surface area contributed by atoms with Crippen LogP contribution in [0.2, 0.25) is 0 Å². The first kappa shape index (κ1) is 15.5. The first-order chi connectivity index (χ1) is 9.31. The fraction of sp³-hybridized carbons (Fsp3) is 0.500. The predicted octanol–water partition coefficient (Wildman–Crippen LogP) is -1.52. The molecule has 0 amide bonds. The molecule has 1 aliphatic rings. The van der Waals surface area contributed by atoms with Crippen LogP contribution in [0.25, 0.3) is 0 Å². The van der Waals surface area contributed by atoms with E-state index in [0.29, 0.717) is 5.69 Å². The summed E-state index contributed by atoms with van der Waals surface area (Å²) in [5, 5.41) is 49.5. The number of anilines is 1. The quantitative estimate of drug-likeness (QED) is 0.267. The Morgan fingerprint density at radius 3 is 2.30 bits per heavy atom. The minimum Gasteiger partial charge on any atom is -0.393 e. The van der Waals surface area contributed by atoms with E-state index in [9.17, 15) is 25.5 Å². The maximum absolute atomic E-state index is 10.5. The van der Waals surface area contributed by atoms with Crippen LogP contribution in [0.3, 0.4) is 0 Å². The number of nitrogens with one attached hydrogen (secondary N) is 1. The number of benzene rings is 1. The van der Waals surface area contributed by atoms with Crippen LogP contribution < -0.4 is 5.32 Å². The molecule has 2 rings (SSSR count). The van der Waals surface area contributed by atoms with Crippen molar-refractivity contribution in [2.24, 2.45) is 0 Å². The number of rotatable bonds is 3. The standard InChI is InChI=1S/C12H17NO6S/c14-6-8-11(17,13-7-4-2-1-3-5-7)9(15)10(16)12(18,20)19-8/h1-5,8-10,13-18,20H,6H2/t8-,9-,10-,11+,12+/m0/s1. The third kappa shape index (κ3) is 2.63. The van der Waals surface area contributed by atoms with Gasteiger partial charge in [-0.15, -0.1) is 12.6 Å². The first-order valence-corrected chi connectivity index (χ1v) is 6.41. The molecule has 1 aromatic rings. The van der Waals surface area contributed by atoms with Gasteiger partial charge in [0.15, 0.2) is 5.72 Å². The van der Waals surface area contributed by atoms with E-state index in [1.165, 1.54) is 0 Å². The van der Waals surface area contributed by atoms with Gasteiger partial charge in [0.2, 0.25) is 5.12 Å². The van der Waals surface area contributed by atoms with E-state index < -0.39 is 35.8 Å². The van der Waals surface area contributed by atoms with Crippen molar-refractivity contribution in [2.45, 2.75) is 29.2 Å². The molecule has 1 heterocycles. The molecule has 1 saturated heterocycles. The summed E-state index contributed by atoms with van der Waals surface area (Å²) in [6.45, 7) is -0.705. The summed E-state index contributed by atoms with van der Waals surface area (Å²) in [6, 6.07) is 8.38. The normalized spacial score (nSPS) is 41.4. The molecular formula is C12H17NO6S. The van der Waals surface area contributed by atoms with Gasteiger partial charge >= 0.3 is 0 Å². The van der Waals surface area contributed by atoms with Crippen LogP contribution in [0.4, 0.5) is 5.69 Å². The van der Waals surface area contributed by atoms with Crippen LogP contribution in [0.5, 0.6) is 0 Å². The molecule has 1 aliphatic heterocycles. The number of para-hydroxylation sites is 1. The molecule has 1 fully saturated rings. The molecule has 1 aromatic carbocycles. The Kier molecular flexibility index (Phi) is 4.26. The maximum atomic E-state index is 10.5. The van der Waals surface area contributed by atoms with Crippen LogP contribution in [0.15, 0.2) is 30.3 Å². The van der Waals surface area contributed by atoms with Gasteiger partial charge in [0.1, 0.15) is 18.3 Å². The van der Waals surface area contributed by atoms with Gasteiger partial charge < -0.3 is 35.6 Å². The fourth-order valence-corrected chi connectivity index (χ4v) is 2.36. The third-order valence-corrected chi connectivity index (χ3v) is 3.60. The number of aliphatic hydroxyl groups is 5. The van der Waals surface area contributed by atoms with Gasteiger partial charge in [-0.2, -0.15) is 0 Å².